The van der Waals surface area contributed by atoms with Crippen molar-refractivity contribution >= 4 is 35.5 Å². The minimum absolute atomic E-state index is 0.233. The first kappa shape index (κ1) is 25.2. The van der Waals surface area contributed by atoms with Crippen molar-refractivity contribution in [3.63, 3.8) is 0 Å². The van der Waals surface area contributed by atoms with Gasteiger partial charge in [0.1, 0.15) is 24.5 Å². The summed E-state index contributed by atoms with van der Waals surface area (Å²) in [5.74, 6) is -3.85. The highest BCUT2D eigenvalue weighted by atomic mass is 16.6. The van der Waals surface area contributed by atoms with Crippen LogP contribution in [0.4, 0.5) is 0 Å². The lowest BCUT2D eigenvalue weighted by Gasteiger charge is -2.48. The van der Waals surface area contributed by atoms with Crippen LogP contribution in [0.15, 0.2) is 0 Å². The first-order valence-corrected chi connectivity index (χ1v) is 9.28. The number of ether oxygens (including phenoxy) is 4. The van der Waals surface area contributed by atoms with Gasteiger partial charge in [0, 0.05) is 41.0 Å². The van der Waals surface area contributed by atoms with Crippen molar-refractivity contribution in [3.8, 4) is 0 Å². The zero-order chi connectivity index (χ0) is 23.2. The van der Waals surface area contributed by atoms with Gasteiger partial charge < -0.3 is 18.9 Å². The van der Waals surface area contributed by atoms with Gasteiger partial charge >= 0.3 is 17.9 Å². The van der Waals surface area contributed by atoms with Gasteiger partial charge in [0.05, 0.1) is 6.10 Å². The van der Waals surface area contributed by atoms with E-state index in [0.29, 0.717) is 0 Å². The lowest BCUT2D eigenvalue weighted by molar-refractivity contribution is -0.235. The molecule has 0 aromatic rings. The minimum atomic E-state index is -1.35. The Morgan fingerprint density at radius 1 is 0.733 bits per heavy atom. The third kappa shape index (κ3) is 6.90. The van der Waals surface area contributed by atoms with E-state index in [2.05, 4.69) is 0 Å². The molecule has 2 amide bonds. The van der Waals surface area contributed by atoms with Gasteiger partial charge in [-0.2, -0.15) is 0 Å². The molecule has 0 aromatic carbocycles. The fourth-order valence-electron chi connectivity index (χ4n) is 3.40. The molecule has 0 spiro atoms. The van der Waals surface area contributed by atoms with Gasteiger partial charge in [-0.25, -0.2) is 0 Å². The number of ketones is 1. The van der Waals surface area contributed by atoms with E-state index in [1.807, 2.05) is 0 Å². The lowest BCUT2D eigenvalue weighted by atomic mass is 9.88. The third-order valence-corrected chi connectivity index (χ3v) is 4.28. The molecule has 0 bridgehead atoms. The van der Waals surface area contributed by atoms with Gasteiger partial charge in [0.25, 0.3) is 0 Å². The standard InChI is InChI=1S/C19H27NO10/c1-9(21)7-15-17(20(10(2)22)11(3)23)19(29-14(6)26)18(28-13(5)25)16(30-15)8-27-12(4)24/h15-19H,7-8H2,1-6H3. The Labute approximate surface area is 173 Å². The van der Waals surface area contributed by atoms with Crippen LogP contribution in [-0.4, -0.2) is 77.5 Å². The maximum atomic E-state index is 12.2. The number of Topliss-reactive ketones (excluding diaryl/α,β-unsaturated/α-hetero) is 1. The molecule has 1 saturated heterocycles. The third-order valence-electron chi connectivity index (χ3n) is 4.28. The number of amides is 2. The minimum Gasteiger partial charge on any atom is -0.463 e. The molecule has 1 rings (SSSR count). The van der Waals surface area contributed by atoms with E-state index in [0.717, 1.165) is 39.5 Å². The van der Waals surface area contributed by atoms with E-state index < -0.39 is 60.2 Å². The number of hydrogen-bond acceptors (Lipinski definition) is 10. The van der Waals surface area contributed by atoms with Crippen LogP contribution in [0.2, 0.25) is 0 Å². The predicted molar refractivity (Wildman–Crippen MR) is 98.7 cm³/mol. The summed E-state index contributed by atoms with van der Waals surface area (Å²) in [7, 11) is 0. The zero-order valence-corrected chi connectivity index (χ0v) is 17.8. The Morgan fingerprint density at radius 3 is 1.63 bits per heavy atom. The molecule has 0 saturated carbocycles. The Kier molecular flexibility index (Phi) is 9.09. The molecule has 11 nitrogen and oxygen atoms in total. The second-order valence-electron chi connectivity index (χ2n) is 6.97. The van der Waals surface area contributed by atoms with E-state index in [1.165, 1.54) is 6.92 Å². The van der Waals surface area contributed by atoms with Crippen LogP contribution in [0.25, 0.3) is 0 Å². The number of carbonyl (C=O) groups excluding carboxylic acids is 6. The van der Waals surface area contributed by atoms with Crippen LogP contribution in [0, 0.1) is 0 Å². The topological polar surface area (TPSA) is 143 Å². The van der Waals surface area contributed by atoms with Crippen LogP contribution in [-0.2, 0) is 47.7 Å². The summed E-state index contributed by atoms with van der Waals surface area (Å²) < 4.78 is 21.4. The highest BCUT2D eigenvalue weighted by molar-refractivity contribution is 5.93. The van der Waals surface area contributed by atoms with Crippen LogP contribution < -0.4 is 0 Å². The number of esters is 3. The number of imide groups is 1. The van der Waals surface area contributed by atoms with Gasteiger partial charge in [-0.1, -0.05) is 0 Å². The first-order chi connectivity index (χ1) is 13.8. The Hall–Kier alpha value is -2.82. The monoisotopic (exact) mass is 429 g/mol. The fraction of sp³-hybridized carbons (Fsp3) is 0.684. The predicted octanol–water partition coefficient (Wildman–Crippen LogP) is -0.0770. The van der Waals surface area contributed by atoms with Crippen molar-refractivity contribution in [2.24, 2.45) is 0 Å². The Bertz CT molecular complexity index is 704. The molecule has 5 unspecified atom stereocenters. The molecule has 5 atom stereocenters. The summed E-state index contributed by atoms with van der Waals surface area (Å²) >= 11 is 0. The molecule has 0 N–H and O–H groups in total. The van der Waals surface area contributed by atoms with Crippen LogP contribution in [0.5, 0.6) is 0 Å². The number of carbonyl (C=O) groups is 6. The first-order valence-electron chi connectivity index (χ1n) is 9.28. The molecule has 1 aliphatic heterocycles. The van der Waals surface area contributed by atoms with Gasteiger partial charge in [0.15, 0.2) is 12.2 Å². The second-order valence-corrected chi connectivity index (χ2v) is 6.97. The van der Waals surface area contributed by atoms with E-state index >= 15 is 0 Å². The van der Waals surface area contributed by atoms with Gasteiger partial charge in [-0.05, 0) is 6.92 Å². The molecule has 1 heterocycles. The van der Waals surface area contributed by atoms with Crippen molar-refractivity contribution < 1.29 is 47.7 Å². The largest absolute Gasteiger partial charge is 0.463 e. The van der Waals surface area contributed by atoms with Gasteiger partial charge in [-0.15, -0.1) is 0 Å². The summed E-state index contributed by atoms with van der Waals surface area (Å²) in [6.45, 7) is 6.54. The average Bonchev–Trinajstić information content (AvgIpc) is 2.56. The quantitative estimate of drug-likeness (QED) is 0.398. The fourth-order valence-corrected chi connectivity index (χ4v) is 3.40. The highest BCUT2D eigenvalue weighted by Crippen LogP contribution is 2.32. The summed E-state index contributed by atoms with van der Waals surface area (Å²) in [6, 6.07) is -1.24. The van der Waals surface area contributed by atoms with E-state index in [1.54, 1.807) is 0 Å². The zero-order valence-electron chi connectivity index (χ0n) is 17.8. The smallest absolute Gasteiger partial charge is 0.303 e. The van der Waals surface area contributed by atoms with Crippen molar-refractivity contribution in [1.29, 1.82) is 0 Å². The average molecular weight is 429 g/mol. The normalized spacial score (nSPS) is 25.6. The molecule has 1 fully saturated rings. The highest BCUT2D eigenvalue weighted by Gasteiger charge is 2.53. The number of nitrogens with zero attached hydrogens (tertiary/aromatic N) is 1. The van der Waals surface area contributed by atoms with Crippen LogP contribution in [0.3, 0.4) is 0 Å². The van der Waals surface area contributed by atoms with E-state index in [4.69, 9.17) is 18.9 Å². The Balaban J connectivity index is 3.55. The lowest BCUT2D eigenvalue weighted by Crippen LogP contribution is -2.67. The SMILES string of the molecule is CC(=O)CC1OC(COC(C)=O)C(OC(C)=O)C(OC(C)=O)C1N(C(C)=O)C(C)=O. The molecule has 168 valence electrons. The number of rotatable bonds is 7. The summed E-state index contributed by atoms with van der Waals surface area (Å²) in [5.41, 5.74) is 0. The molecular formula is C19H27NO10. The molecule has 1 aliphatic rings. The van der Waals surface area contributed by atoms with Gasteiger partial charge in [0.2, 0.25) is 11.8 Å². The maximum absolute atomic E-state index is 12.2. The maximum Gasteiger partial charge on any atom is 0.303 e. The molecule has 11 heteroatoms. The van der Waals surface area contributed by atoms with Crippen molar-refractivity contribution in [2.45, 2.75) is 78.4 Å². The summed E-state index contributed by atoms with van der Waals surface area (Å²) in [5, 5.41) is 0. The van der Waals surface area contributed by atoms with E-state index in [9.17, 15) is 28.8 Å². The van der Waals surface area contributed by atoms with Crippen LogP contribution >= 0.6 is 0 Å². The van der Waals surface area contributed by atoms with Crippen LogP contribution in [0.1, 0.15) is 48.0 Å². The van der Waals surface area contributed by atoms with Crippen molar-refractivity contribution in [1.82, 2.24) is 4.90 Å². The molecule has 0 aliphatic carbocycles. The molecule has 0 aromatic heterocycles. The Morgan fingerprint density at radius 2 is 1.23 bits per heavy atom. The molecule has 30 heavy (non-hydrogen) atoms. The van der Waals surface area contributed by atoms with Crippen molar-refractivity contribution in [3.05, 3.63) is 0 Å². The second kappa shape index (κ2) is 10.8. The summed E-state index contributed by atoms with van der Waals surface area (Å²) in [4.78, 5) is 71.9. The number of hydrogen-bond donors (Lipinski definition) is 0. The summed E-state index contributed by atoms with van der Waals surface area (Å²) in [6.07, 6.45) is -5.09. The van der Waals surface area contributed by atoms with Gasteiger partial charge in [-0.3, -0.25) is 33.7 Å². The van der Waals surface area contributed by atoms with E-state index in [-0.39, 0.29) is 18.8 Å². The molecular weight excluding hydrogens is 402 g/mol. The molecule has 0 radical (unpaired) electrons. The van der Waals surface area contributed by atoms with Crippen molar-refractivity contribution in [2.75, 3.05) is 6.61 Å².